The van der Waals surface area contributed by atoms with Crippen molar-refractivity contribution in [1.29, 1.82) is 0 Å². The van der Waals surface area contributed by atoms with Crippen LogP contribution in [0.4, 0.5) is 0 Å². The fourth-order valence-corrected chi connectivity index (χ4v) is 2.06. The van der Waals surface area contributed by atoms with Gasteiger partial charge in [-0.05, 0) is 20.0 Å². The Morgan fingerprint density at radius 2 is 2.24 bits per heavy atom. The molecule has 0 aliphatic rings. The van der Waals surface area contributed by atoms with Crippen molar-refractivity contribution < 1.29 is 4.42 Å². The Hall–Kier alpha value is -1.66. The van der Waals surface area contributed by atoms with Gasteiger partial charge in [-0.25, -0.2) is 0 Å². The summed E-state index contributed by atoms with van der Waals surface area (Å²) < 4.78 is 7.22. The van der Waals surface area contributed by atoms with Gasteiger partial charge in [-0.15, -0.1) is 5.10 Å². The summed E-state index contributed by atoms with van der Waals surface area (Å²) in [6.07, 6.45) is 3.75. The monoisotopic (exact) mass is 291 g/mol. The molecule has 2 heterocycles. The maximum Gasteiger partial charge on any atom is 0.105 e. The van der Waals surface area contributed by atoms with Crippen LogP contribution in [-0.4, -0.2) is 39.5 Å². The molecule has 21 heavy (non-hydrogen) atoms. The van der Waals surface area contributed by atoms with Crippen LogP contribution in [0.5, 0.6) is 0 Å². The van der Waals surface area contributed by atoms with Crippen LogP contribution in [0.1, 0.15) is 30.9 Å². The van der Waals surface area contributed by atoms with Gasteiger partial charge >= 0.3 is 0 Å². The molecule has 0 amide bonds. The lowest BCUT2D eigenvalue weighted by atomic mass is 10.2. The van der Waals surface area contributed by atoms with E-state index in [9.17, 15) is 0 Å². The van der Waals surface area contributed by atoms with Crippen molar-refractivity contribution in [3.05, 3.63) is 35.5 Å². The Balaban J connectivity index is 1.76. The molecule has 0 fully saturated rings. The molecule has 0 spiro atoms. The minimum absolute atomic E-state index is 0.458. The molecule has 6 nitrogen and oxygen atoms in total. The molecule has 2 aromatic heterocycles. The molecule has 0 radical (unpaired) electrons. The zero-order chi connectivity index (χ0) is 15.2. The second-order valence-electron chi connectivity index (χ2n) is 5.75. The zero-order valence-corrected chi connectivity index (χ0v) is 13.3. The van der Waals surface area contributed by atoms with Gasteiger partial charge in [0.05, 0.1) is 18.5 Å². The molecule has 1 N–H and O–H groups in total. The third kappa shape index (κ3) is 4.99. The van der Waals surface area contributed by atoms with Crippen molar-refractivity contribution in [3.63, 3.8) is 0 Å². The van der Waals surface area contributed by atoms with Crippen molar-refractivity contribution in [3.8, 4) is 0 Å². The number of hydrogen-bond donors (Lipinski definition) is 1. The maximum atomic E-state index is 5.32. The predicted molar refractivity (Wildman–Crippen MR) is 81.8 cm³/mol. The molecule has 2 aromatic rings. The van der Waals surface area contributed by atoms with E-state index in [-0.39, 0.29) is 0 Å². The highest BCUT2D eigenvalue weighted by Crippen LogP contribution is 2.10. The smallest absolute Gasteiger partial charge is 0.105 e. The van der Waals surface area contributed by atoms with E-state index in [0.717, 1.165) is 37.6 Å². The summed E-state index contributed by atoms with van der Waals surface area (Å²) in [6, 6.07) is 2.48. The lowest BCUT2D eigenvalue weighted by molar-refractivity contribution is 0.301. The summed E-state index contributed by atoms with van der Waals surface area (Å²) in [6.45, 7) is 9.65. The Morgan fingerprint density at radius 1 is 1.43 bits per heavy atom. The Labute approximate surface area is 126 Å². The van der Waals surface area contributed by atoms with E-state index in [4.69, 9.17) is 4.42 Å². The number of rotatable bonds is 8. The molecule has 0 atom stereocenters. The number of likely N-dealkylation sites (N-methyl/N-ethyl adjacent to an activating group) is 1. The molecule has 0 aliphatic heterocycles. The lowest BCUT2D eigenvalue weighted by Crippen LogP contribution is -2.23. The van der Waals surface area contributed by atoms with Crippen LogP contribution in [0.3, 0.4) is 0 Å². The molecule has 6 heteroatoms. The van der Waals surface area contributed by atoms with E-state index in [1.54, 1.807) is 6.26 Å². The van der Waals surface area contributed by atoms with Crippen LogP contribution in [-0.2, 0) is 19.6 Å². The van der Waals surface area contributed by atoms with E-state index in [1.165, 1.54) is 5.56 Å². The molecule has 0 unspecified atom stereocenters. The fourth-order valence-electron chi connectivity index (χ4n) is 2.06. The van der Waals surface area contributed by atoms with Gasteiger partial charge in [-0.1, -0.05) is 19.1 Å². The number of nitrogens with zero attached hydrogens (tertiary/aromatic N) is 4. The summed E-state index contributed by atoms with van der Waals surface area (Å²) in [5.41, 5.74) is 2.22. The van der Waals surface area contributed by atoms with Crippen molar-refractivity contribution >= 4 is 0 Å². The van der Waals surface area contributed by atoms with Gasteiger partial charge in [0, 0.05) is 37.4 Å². The molecule has 0 saturated heterocycles. The standard InChI is InChI=1S/C15H25N5O/c1-12(2)16-9-15-11-20(18-17-15)7-6-19(4)10-14-5-8-21-13(14)3/h5,8,11-12,16H,6-7,9-10H2,1-4H3. The first kappa shape index (κ1) is 15.7. The van der Waals surface area contributed by atoms with E-state index in [0.29, 0.717) is 6.04 Å². The second kappa shape index (κ2) is 7.38. The third-order valence-corrected chi connectivity index (χ3v) is 3.39. The van der Waals surface area contributed by atoms with Crippen LogP contribution in [0, 0.1) is 6.92 Å². The fraction of sp³-hybridized carbons (Fsp3) is 0.600. The quantitative estimate of drug-likeness (QED) is 0.804. The lowest BCUT2D eigenvalue weighted by Gasteiger charge is -2.15. The van der Waals surface area contributed by atoms with Gasteiger partial charge in [0.15, 0.2) is 0 Å². The van der Waals surface area contributed by atoms with E-state index in [2.05, 4.69) is 41.4 Å². The van der Waals surface area contributed by atoms with Crippen LogP contribution in [0.2, 0.25) is 0 Å². The summed E-state index contributed by atoms with van der Waals surface area (Å²) in [4.78, 5) is 2.26. The average Bonchev–Trinajstić information content (AvgIpc) is 3.04. The minimum Gasteiger partial charge on any atom is -0.469 e. The van der Waals surface area contributed by atoms with Gasteiger partial charge in [-0.2, -0.15) is 0 Å². The first-order chi connectivity index (χ1) is 10.0. The summed E-state index contributed by atoms with van der Waals surface area (Å²) in [7, 11) is 2.10. The van der Waals surface area contributed by atoms with Crippen LogP contribution >= 0.6 is 0 Å². The molecular formula is C15H25N5O. The molecular weight excluding hydrogens is 266 g/mol. The molecule has 0 bridgehead atoms. The number of hydrogen-bond acceptors (Lipinski definition) is 5. The van der Waals surface area contributed by atoms with Crippen LogP contribution in [0.15, 0.2) is 22.9 Å². The molecule has 116 valence electrons. The summed E-state index contributed by atoms with van der Waals surface area (Å²) in [5.74, 6) is 0.990. The first-order valence-electron chi connectivity index (χ1n) is 7.38. The first-order valence-corrected chi connectivity index (χ1v) is 7.38. The summed E-state index contributed by atoms with van der Waals surface area (Å²) >= 11 is 0. The van der Waals surface area contributed by atoms with Crippen molar-refractivity contribution in [2.24, 2.45) is 0 Å². The van der Waals surface area contributed by atoms with Gasteiger partial charge in [0.1, 0.15) is 5.76 Å². The van der Waals surface area contributed by atoms with Crippen molar-refractivity contribution in [2.45, 2.75) is 46.4 Å². The van der Waals surface area contributed by atoms with Crippen molar-refractivity contribution in [1.82, 2.24) is 25.2 Å². The molecule has 0 aromatic carbocycles. The minimum atomic E-state index is 0.458. The van der Waals surface area contributed by atoms with E-state index < -0.39 is 0 Å². The largest absolute Gasteiger partial charge is 0.469 e. The maximum absolute atomic E-state index is 5.32. The van der Waals surface area contributed by atoms with Gasteiger partial charge in [0.25, 0.3) is 0 Å². The Bertz CT molecular complexity index is 546. The highest BCUT2D eigenvalue weighted by atomic mass is 16.3. The average molecular weight is 291 g/mol. The summed E-state index contributed by atoms with van der Waals surface area (Å²) in [5, 5.41) is 11.7. The number of nitrogens with one attached hydrogen (secondary N) is 1. The normalized spacial score (nSPS) is 11.7. The SMILES string of the molecule is Cc1occc1CN(C)CCn1cc(CNC(C)C)nn1. The molecule has 0 saturated carbocycles. The van der Waals surface area contributed by atoms with E-state index in [1.807, 2.05) is 23.9 Å². The Kier molecular flexibility index (Phi) is 5.52. The second-order valence-corrected chi connectivity index (χ2v) is 5.75. The van der Waals surface area contributed by atoms with Gasteiger partial charge in [-0.3, -0.25) is 4.68 Å². The number of furan rings is 1. The van der Waals surface area contributed by atoms with Crippen LogP contribution in [0.25, 0.3) is 0 Å². The highest BCUT2D eigenvalue weighted by Gasteiger charge is 2.07. The van der Waals surface area contributed by atoms with Gasteiger partial charge in [0.2, 0.25) is 0 Å². The number of aromatic nitrogens is 3. The Morgan fingerprint density at radius 3 is 2.90 bits per heavy atom. The zero-order valence-electron chi connectivity index (χ0n) is 13.3. The van der Waals surface area contributed by atoms with Gasteiger partial charge < -0.3 is 14.6 Å². The van der Waals surface area contributed by atoms with Crippen molar-refractivity contribution in [2.75, 3.05) is 13.6 Å². The molecule has 0 aliphatic carbocycles. The van der Waals surface area contributed by atoms with E-state index >= 15 is 0 Å². The third-order valence-electron chi connectivity index (χ3n) is 3.39. The topological polar surface area (TPSA) is 59.1 Å². The van der Waals surface area contributed by atoms with Crippen LogP contribution < -0.4 is 5.32 Å². The number of aryl methyl sites for hydroxylation is 1. The molecule has 2 rings (SSSR count). The highest BCUT2D eigenvalue weighted by molar-refractivity contribution is 5.14. The predicted octanol–water partition coefficient (Wildman–Crippen LogP) is 1.81.